The van der Waals surface area contributed by atoms with Gasteiger partial charge in [0.05, 0.1) is 10.7 Å². The first-order chi connectivity index (χ1) is 5.65. The van der Waals surface area contributed by atoms with Crippen molar-refractivity contribution in [2.24, 2.45) is 0 Å². The Labute approximate surface area is 82.6 Å². The minimum absolute atomic E-state index is 0.793. The third kappa shape index (κ3) is 2.08. The van der Waals surface area contributed by atoms with E-state index in [0.717, 1.165) is 10.7 Å². The lowest BCUT2D eigenvalue weighted by atomic mass is 10.1. The second-order valence-electron chi connectivity index (χ2n) is 2.74. The number of hydrogen-bond acceptors (Lipinski definition) is 2. The predicted octanol–water partition coefficient (Wildman–Crippen LogP) is 3.65. The summed E-state index contributed by atoms with van der Waals surface area (Å²) in [7, 11) is 0. The number of rotatable bonds is 2. The molecule has 1 nitrogen and oxygen atoms in total. The summed E-state index contributed by atoms with van der Waals surface area (Å²) in [6.45, 7) is 4.10. The van der Waals surface area contributed by atoms with Gasteiger partial charge in [0.1, 0.15) is 0 Å². The third-order valence-electron chi connectivity index (χ3n) is 1.64. The first kappa shape index (κ1) is 9.75. The second kappa shape index (κ2) is 4.06. The summed E-state index contributed by atoms with van der Waals surface area (Å²) in [5.74, 6) is 0. The Morgan fingerprint density at radius 2 is 2.00 bits per heavy atom. The Kier molecular flexibility index (Phi) is 3.29. The van der Waals surface area contributed by atoms with Crippen LogP contribution in [0.4, 0.5) is 5.69 Å². The highest BCUT2D eigenvalue weighted by atomic mass is 35.5. The molecule has 0 spiro atoms. The molecular weight excluding hydrogens is 190 g/mol. The van der Waals surface area contributed by atoms with Gasteiger partial charge in [0.2, 0.25) is 0 Å². The van der Waals surface area contributed by atoms with E-state index in [1.54, 1.807) is 11.9 Å². The fourth-order valence-corrected chi connectivity index (χ4v) is 2.05. The minimum Gasteiger partial charge on any atom is -0.328 e. The zero-order chi connectivity index (χ0) is 9.14. The van der Waals surface area contributed by atoms with Gasteiger partial charge in [0.25, 0.3) is 0 Å². The van der Waals surface area contributed by atoms with Crippen LogP contribution in [-0.2, 0) is 0 Å². The van der Waals surface area contributed by atoms with E-state index in [4.69, 9.17) is 11.6 Å². The van der Waals surface area contributed by atoms with Crippen LogP contribution in [0.5, 0.6) is 0 Å². The zero-order valence-corrected chi connectivity index (χ0v) is 9.01. The molecule has 0 radical (unpaired) electrons. The van der Waals surface area contributed by atoms with E-state index in [1.165, 1.54) is 11.1 Å². The molecule has 0 saturated carbocycles. The van der Waals surface area contributed by atoms with E-state index in [1.807, 2.05) is 19.2 Å². The number of anilines is 1. The van der Waals surface area contributed by atoms with Gasteiger partial charge in [-0.25, -0.2) is 0 Å². The van der Waals surface area contributed by atoms with Crippen LogP contribution in [0.25, 0.3) is 0 Å². The number of nitrogens with one attached hydrogen (secondary N) is 1. The largest absolute Gasteiger partial charge is 0.328 e. The lowest BCUT2D eigenvalue weighted by Crippen LogP contribution is -1.90. The normalized spacial score (nSPS) is 10.0. The smallest absolute Gasteiger partial charge is 0.0658 e. The molecule has 0 amide bonds. The van der Waals surface area contributed by atoms with Crippen molar-refractivity contribution in [1.82, 2.24) is 0 Å². The molecule has 0 fully saturated rings. The second-order valence-corrected chi connectivity index (χ2v) is 3.76. The highest BCUT2D eigenvalue weighted by Gasteiger charge is 2.03. The summed E-state index contributed by atoms with van der Waals surface area (Å²) >= 11 is 7.59. The fraction of sp³-hybridized carbons (Fsp3) is 0.333. The molecule has 0 aromatic heterocycles. The summed E-state index contributed by atoms with van der Waals surface area (Å²) in [4.78, 5) is 0. The average Bonchev–Trinajstić information content (AvgIpc) is 1.96. The summed E-state index contributed by atoms with van der Waals surface area (Å²) in [6, 6.07) is 4.08. The van der Waals surface area contributed by atoms with Gasteiger partial charge in [-0.2, -0.15) is 0 Å². The Morgan fingerprint density at radius 3 is 2.50 bits per heavy atom. The maximum atomic E-state index is 6.04. The van der Waals surface area contributed by atoms with E-state index in [2.05, 4.69) is 17.7 Å². The molecule has 66 valence electrons. The van der Waals surface area contributed by atoms with Crippen LogP contribution in [-0.4, -0.2) is 6.26 Å². The average molecular weight is 202 g/mol. The van der Waals surface area contributed by atoms with Crippen molar-refractivity contribution in [2.45, 2.75) is 13.8 Å². The Morgan fingerprint density at radius 1 is 1.33 bits per heavy atom. The lowest BCUT2D eigenvalue weighted by molar-refractivity contribution is 1.39. The van der Waals surface area contributed by atoms with Crippen LogP contribution in [0.1, 0.15) is 11.1 Å². The predicted molar refractivity (Wildman–Crippen MR) is 58.1 cm³/mol. The standard InChI is InChI=1S/C9H12ClNS/c1-6-4-7(2)9(11-12-3)8(10)5-6/h4-5,11H,1-3H3. The summed E-state index contributed by atoms with van der Waals surface area (Å²) in [5, 5.41) is 0.793. The van der Waals surface area contributed by atoms with Gasteiger partial charge < -0.3 is 4.72 Å². The SMILES string of the molecule is CSNc1c(C)cc(C)cc1Cl. The third-order valence-corrected chi connectivity index (χ3v) is 2.34. The van der Waals surface area contributed by atoms with Crippen LogP contribution < -0.4 is 4.72 Å². The van der Waals surface area contributed by atoms with Crippen LogP contribution in [0, 0.1) is 13.8 Å². The summed E-state index contributed by atoms with van der Waals surface area (Å²) in [5.41, 5.74) is 3.41. The van der Waals surface area contributed by atoms with Gasteiger partial charge in [-0.3, -0.25) is 0 Å². The molecule has 1 N–H and O–H groups in total. The quantitative estimate of drug-likeness (QED) is 0.734. The Hall–Kier alpha value is -0.340. The molecule has 0 aliphatic heterocycles. The molecule has 1 aromatic carbocycles. The molecule has 0 saturated heterocycles. The number of benzene rings is 1. The highest BCUT2D eigenvalue weighted by molar-refractivity contribution is 7.99. The molecule has 1 rings (SSSR count). The molecule has 0 aliphatic rings. The van der Waals surface area contributed by atoms with Crippen LogP contribution >= 0.6 is 23.5 Å². The highest BCUT2D eigenvalue weighted by Crippen LogP contribution is 2.28. The summed E-state index contributed by atoms with van der Waals surface area (Å²) in [6.07, 6.45) is 1.98. The first-order valence-corrected chi connectivity index (χ1v) is 5.31. The topological polar surface area (TPSA) is 12.0 Å². The van der Waals surface area contributed by atoms with E-state index >= 15 is 0 Å². The molecule has 0 heterocycles. The molecule has 0 bridgehead atoms. The van der Waals surface area contributed by atoms with Gasteiger partial charge in [0.15, 0.2) is 0 Å². The van der Waals surface area contributed by atoms with Gasteiger partial charge in [-0.05, 0) is 31.0 Å². The van der Waals surface area contributed by atoms with E-state index in [-0.39, 0.29) is 0 Å². The first-order valence-electron chi connectivity index (χ1n) is 3.71. The van der Waals surface area contributed by atoms with Crippen LogP contribution in [0.2, 0.25) is 5.02 Å². The zero-order valence-electron chi connectivity index (χ0n) is 7.44. The van der Waals surface area contributed by atoms with Crippen molar-refractivity contribution >= 4 is 29.2 Å². The lowest BCUT2D eigenvalue weighted by Gasteiger charge is -2.09. The van der Waals surface area contributed by atoms with E-state index < -0.39 is 0 Å². The van der Waals surface area contributed by atoms with Gasteiger partial charge >= 0.3 is 0 Å². The Balaban J connectivity index is 3.10. The van der Waals surface area contributed by atoms with Crippen molar-refractivity contribution in [1.29, 1.82) is 0 Å². The van der Waals surface area contributed by atoms with Crippen molar-refractivity contribution in [2.75, 3.05) is 11.0 Å². The molecule has 0 aliphatic carbocycles. The van der Waals surface area contributed by atoms with Crippen molar-refractivity contribution in [3.05, 3.63) is 28.3 Å². The maximum absolute atomic E-state index is 6.04. The molecule has 0 atom stereocenters. The fourth-order valence-electron chi connectivity index (χ4n) is 1.15. The van der Waals surface area contributed by atoms with E-state index in [0.29, 0.717) is 0 Å². The number of aryl methyl sites for hydroxylation is 2. The van der Waals surface area contributed by atoms with Crippen molar-refractivity contribution in [3.63, 3.8) is 0 Å². The molecule has 3 heteroatoms. The monoisotopic (exact) mass is 201 g/mol. The van der Waals surface area contributed by atoms with Crippen LogP contribution in [0.3, 0.4) is 0 Å². The number of hydrogen-bond donors (Lipinski definition) is 1. The van der Waals surface area contributed by atoms with E-state index in [9.17, 15) is 0 Å². The van der Waals surface area contributed by atoms with Crippen molar-refractivity contribution < 1.29 is 0 Å². The maximum Gasteiger partial charge on any atom is 0.0658 e. The van der Waals surface area contributed by atoms with Gasteiger partial charge in [-0.1, -0.05) is 29.6 Å². The van der Waals surface area contributed by atoms with Crippen LogP contribution in [0.15, 0.2) is 12.1 Å². The minimum atomic E-state index is 0.793. The van der Waals surface area contributed by atoms with Crippen molar-refractivity contribution in [3.8, 4) is 0 Å². The van der Waals surface area contributed by atoms with Gasteiger partial charge in [-0.15, -0.1) is 0 Å². The summed E-state index contributed by atoms with van der Waals surface area (Å²) < 4.78 is 3.16. The molecule has 0 unspecified atom stereocenters. The molecule has 1 aromatic rings. The Bertz CT molecular complexity index is 263. The molecule has 12 heavy (non-hydrogen) atoms. The molecular formula is C9H12ClNS. The number of halogens is 1. The van der Waals surface area contributed by atoms with Gasteiger partial charge in [0, 0.05) is 6.26 Å².